The zero-order chi connectivity index (χ0) is 13.9. The van der Waals surface area contributed by atoms with Gasteiger partial charge in [-0.25, -0.2) is 4.98 Å². The van der Waals surface area contributed by atoms with Gasteiger partial charge in [-0.15, -0.1) is 0 Å². The lowest BCUT2D eigenvalue weighted by molar-refractivity contribution is 0.0911. The highest BCUT2D eigenvalue weighted by molar-refractivity contribution is 9.10. The highest BCUT2D eigenvalue weighted by atomic mass is 79.9. The van der Waals surface area contributed by atoms with Gasteiger partial charge >= 0.3 is 0 Å². The van der Waals surface area contributed by atoms with Gasteiger partial charge in [0.1, 0.15) is 4.60 Å². The predicted octanol–water partition coefficient (Wildman–Crippen LogP) is 3.51. The summed E-state index contributed by atoms with van der Waals surface area (Å²) < 4.78 is 0.552. The van der Waals surface area contributed by atoms with Crippen LogP contribution in [-0.4, -0.2) is 10.9 Å². The summed E-state index contributed by atoms with van der Waals surface area (Å²) in [7, 11) is 0. The number of benzene rings is 1. The molecule has 0 aliphatic heterocycles. The van der Waals surface area contributed by atoms with Crippen LogP contribution < -0.4 is 5.32 Å². The van der Waals surface area contributed by atoms with Gasteiger partial charge in [-0.3, -0.25) is 4.79 Å². The van der Waals surface area contributed by atoms with Crippen LogP contribution in [0, 0.1) is 0 Å². The Morgan fingerprint density at radius 3 is 2.47 bits per heavy atom. The second kappa shape index (κ2) is 5.53. The molecular formula is C15H15BrN2O. The number of nitrogens with zero attached hydrogens (tertiary/aromatic N) is 1. The Balaban J connectivity index is 2.22. The molecule has 0 fully saturated rings. The third-order valence-electron chi connectivity index (χ3n) is 2.93. The molecule has 0 saturated carbocycles. The van der Waals surface area contributed by atoms with Crippen molar-refractivity contribution in [2.45, 2.75) is 19.4 Å². The average Bonchev–Trinajstić information content (AvgIpc) is 2.39. The standard InChI is InChI=1S/C15H15BrN2O/c1-15(2,11-7-4-3-5-8-11)18-14(19)12-9-6-10-17-13(12)16/h3-10H,1-2H3,(H,18,19). The molecule has 3 nitrogen and oxygen atoms in total. The van der Waals surface area contributed by atoms with Crippen LogP contribution in [0.25, 0.3) is 0 Å². The molecule has 0 spiro atoms. The van der Waals surface area contributed by atoms with Gasteiger partial charge in [0.15, 0.2) is 0 Å². The van der Waals surface area contributed by atoms with Gasteiger partial charge in [0.05, 0.1) is 11.1 Å². The fraction of sp³-hybridized carbons (Fsp3) is 0.200. The number of nitrogens with one attached hydrogen (secondary N) is 1. The normalized spacial score (nSPS) is 11.1. The van der Waals surface area contributed by atoms with E-state index >= 15 is 0 Å². The molecule has 2 rings (SSSR count). The molecule has 0 aliphatic rings. The summed E-state index contributed by atoms with van der Waals surface area (Å²) in [6.45, 7) is 3.95. The van der Waals surface area contributed by atoms with E-state index in [2.05, 4.69) is 26.2 Å². The minimum absolute atomic E-state index is 0.145. The number of amides is 1. The molecular weight excluding hydrogens is 304 g/mol. The first-order valence-corrected chi connectivity index (χ1v) is 6.78. The Morgan fingerprint density at radius 2 is 1.84 bits per heavy atom. The lowest BCUT2D eigenvalue weighted by Gasteiger charge is -2.27. The highest BCUT2D eigenvalue weighted by Gasteiger charge is 2.24. The minimum atomic E-state index is -0.437. The molecule has 1 aromatic heterocycles. The average molecular weight is 319 g/mol. The van der Waals surface area contributed by atoms with Gasteiger partial charge in [0.2, 0.25) is 0 Å². The number of aromatic nitrogens is 1. The van der Waals surface area contributed by atoms with Gasteiger partial charge in [-0.2, -0.15) is 0 Å². The minimum Gasteiger partial charge on any atom is -0.343 e. The number of rotatable bonds is 3. The Kier molecular flexibility index (Phi) is 4.00. The Bertz CT molecular complexity index is 582. The fourth-order valence-electron chi connectivity index (χ4n) is 1.83. The van der Waals surface area contributed by atoms with Crippen LogP contribution in [0.2, 0.25) is 0 Å². The van der Waals surface area contributed by atoms with Gasteiger partial charge in [0.25, 0.3) is 5.91 Å². The van der Waals surface area contributed by atoms with Crippen LogP contribution in [-0.2, 0) is 5.54 Å². The first kappa shape index (κ1) is 13.7. The number of hydrogen-bond donors (Lipinski definition) is 1. The highest BCUT2D eigenvalue weighted by Crippen LogP contribution is 2.21. The zero-order valence-corrected chi connectivity index (χ0v) is 12.4. The number of pyridine rings is 1. The van der Waals surface area contributed by atoms with Crippen molar-refractivity contribution in [1.82, 2.24) is 10.3 Å². The van der Waals surface area contributed by atoms with Gasteiger partial charge in [-0.05, 0) is 47.5 Å². The summed E-state index contributed by atoms with van der Waals surface area (Å²) in [4.78, 5) is 16.3. The first-order chi connectivity index (χ1) is 9.00. The molecule has 0 atom stereocenters. The third kappa shape index (κ3) is 3.20. The Morgan fingerprint density at radius 1 is 1.16 bits per heavy atom. The number of carbonyl (C=O) groups is 1. The maximum atomic E-state index is 12.3. The third-order valence-corrected chi connectivity index (χ3v) is 3.56. The van der Waals surface area contributed by atoms with Gasteiger partial charge in [-0.1, -0.05) is 30.3 Å². The van der Waals surface area contributed by atoms with Crippen molar-refractivity contribution in [1.29, 1.82) is 0 Å². The summed E-state index contributed by atoms with van der Waals surface area (Å²) in [5, 5.41) is 3.02. The summed E-state index contributed by atoms with van der Waals surface area (Å²) in [6, 6.07) is 13.4. The molecule has 19 heavy (non-hydrogen) atoms. The lowest BCUT2D eigenvalue weighted by Crippen LogP contribution is -2.41. The summed E-state index contributed by atoms with van der Waals surface area (Å²) in [6.07, 6.45) is 1.64. The van der Waals surface area contributed by atoms with Gasteiger partial charge < -0.3 is 5.32 Å². The maximum absolute atomic E-state index is 12.3. The number of halogens is 1. The lowest BCUT2D eigenvalue weighted by atomic mass is 9.94. The second-order valence-corrected chi connectivity index (χ2v) is 5.54. The molecule has 1 aromatic carbocycles. The van der Waals surface area contributed by atoms with E-state index in [1.54, 1.807) is 18.3 Å². The van der Waals surface area contributed by atoms with Crippen molar-refractivity contribution in [2.24, 2.45) is 0 Å². The smallest absolute Gasteiger partial charge is 0.254 e. The fourth-order valence-corrected chi connectivity index (χ4v) is 2.26. The van der Waals surface area contributed by atoms with Crippen molar-refractivity contribution in [3.63, 3.8) is 0 Å². The summed E-state index contributed by atoms with van der Waals surface area (Å²) in [5.41, 5.74) is 1.16. The Labute approximate surface area is 121 Å². The molecule has 0 saturated heterocycles. The molecule has 1 heterocycles. The van der Waals surface area contributed by atoms with Crippen molar-refractivity contribution in [3.05, 3.63) is 64.4 Å². The molecule has 98 valence electrons. The molecule has 0 aliphatic carbocycles. The molecule has 0 bridgehead atoms. The molecule has 0 radical (unpaired) electrons. The molecule has 1 N–H and O–H groups in total. The summed E-state index contributed by atoms with van der Waals surface area (Å²) >= 11 is 3.29. The molecule has 1 amide bonds. The monoisotopic (exact) mass is 318 g/mol. The van der Waals surface area contributed by atoms with Crippen LogP contribution in [0.4, 0.5) is 0 Å². The predicted molar refractivity (Wildman–Crippen MR) is 78.9 cm³/mol. The van der Waals surface area contributed by atoms with E-state index in [0.29, 0.717) is 10.2 Å². The quantitative estimate of drug-likeness (QED) is 0.880. The van der Waals surface area contributed by atoms with Gasteiger partial charge in [0, 0.05) is 6.20 Å². The molecule has 2 aromatic rings. The molecule has 0 unspecified atom stereocenters. The van der Waals surface area contributed by atoms with Crippen molar-refractivity contribution in [2.75, 3.05) is 0 Å². The van der Waals surface area contributed by atoms with E-state index in [9.17, 15) is 4.79 Å². The maximum Gasteiger partial charge on any atom is 0.254 e. The largest absolute Gasteiger partial charge is 0.343 e. The number of carbonyl (C=O) groups excluding carboxylic acids is 1. The van der Waals surface area contributed by atoms with Crippen LogP contribution in [0.3, 0.4) is 0 Å². The first-order valence-electron chi connectivity index (χ1n) is 5.99. The van der Waals surface area contributed by atoms with E-state index in [0.717, 1.165) is 5.56 Å². The number of hydrogen-bond acceptors (Lipinski definition) is 2. The molecule has 4 heteroatoms. The van der Waals surface area contributed by atoms with Crippen LogP contribution >= 0.6 is 15.9 Å². The van der Waals surface area contributed by atoms with E-state index < -0.39 is 5.54 Å². The van der Waals surface area contributed by atoms with Crippen LogP contribution in [0.15, 0.2) is 53.3 Å². The van der Waals surface area contributed by atoms with Crippen LogP contribution in [0.5, 0.6) is 0 Å². The SMILES string of the molecule is CC(C)(NC(=O)c1cccnc1Br)c1ccccc1. The van der Waals surface area contributed by atoms with E-state index in [-0.39, 0.29) is 5.91 Å². The van der Waals surface area contributed by atoms with Crippen molar-refractivity contribution >= 4 is 21.8 Å². The van der Waals surface area contributed by atoms with E-state index in [1.807, 2.05) is 44.2 Å². The zero-order valence-electron chi connectivity index (χ0n) is 10.9. The topological polar surface area (TPSA) is 42.0 Å². The summed E-state index contributed by atoms with van der Waals surface area (Å²) in [5.74, 6) is -0.145. The van der Waals surface area contributed by atoms with Crippen molar-refractivity contribution < 1.29 is 4.79 Å². The van der Waals surface area contributed by atoms with Crippen LogP contribution in [0.1, 0.15) is 29.8 Å². The van der Waals surface area contributed by atoms with E-state index in [4.69, 9.17) is 0 Å². The Hall–Kier alpha value is -1.68. The second-order valence-electron chi connectivity index (χ2n) is 4.79. The van der Waals surface area contributed by atoms with Crippen molar-refractivity contribution in [3.8, 4) is 0 Å². The van der Waals surface area contributed by atoms with E-state index in [1.165, 1.54) is 0 Å².